The number of hydrogen-bond acceptors (Lipinski definition) is 3. The highest BCUT2D eigenvalue weighted by molar-refractivity contribution is 5.95. The van der Waals surface area contributed by atoms with Gasteiger partial charge in [0, 0.05) is 18.2 Å². The van der Waals surface area contributed by atoms with E-state index in [4.69, 9.17) is 5.11 Å². The maximum atomic E-state index is 12.3. The number of carbonyl (C=O) groups is 2. The lowest BCUT2D eigenvalue weighted by Crippen LogP contribution is -2.33. The molecule has 2 aromatic rings. The van der Waals surface area contributed by atoms with E-state index >= 15 is 0 Å². The summed E-state index contributed by atoms with van der Waals surface area (Å²) < 4.78 is 1.78. The van der Waals surface area contributed by atoms with E-state index in [1.807, 2.05) is 37.3 Å². The van der Waals surface area contributed by atoms with E-state index in [2.05, 4.69) is 10.4 Å². The average Bonchev–Trinajstić information content (AvgIpc) is 2.87. The van der Waals surface area contributed by atoms with Crippen LogP contribution in [0.15, 0.2) is 36.5 Å². The molecule has 0 aliphatic heterocycles. The molecule has 0 bridgehead atoms. The van der Waals surface area contributed by atoms with Gasteiger partial charge >= 0.3 is 5.97 Å². The van der Waals surface area contributed by atoms with Crippen LogP contribution in [0, 0.1) is 6.92 Å². The summed E-state index contributed by atoms with van der Waals surface area (Å²) in [5.74, 6) is -1.09. The molecule has 1 aromatic heterocycles. The van der Waals surface area contributed by atoms with E-state index in [1.54, 1.807) is 17.8 Å². The van der Waals surface area contributed by atoms with Crippen LogP contribution in [0.4, 0.5) is 0 Å². The maximum absolute atomic E-state index is 12.3. The van der Waals surface area contributed by atoms with Crippen LogP contribution in [0.2, 0.25) is 0 Å². The summed E-state index contributed by atoms with van der Waals surface area (Å²) in [6, 6.07) is 9.70. The Hall–Kier alpha value is -2.63. The Morgan fingerprint density at radius 1 is 1.30 bits per heavy atom. The number of nitrogens with one attached hydrogen (secondary N) is 1. The lowest BCUT2D eigenvalue weighted by atomic mass is 10.1. The number of hydrogen-bond donors (Lipinski definition) is 2. The van der Waals surface area contributed by atoms with Gasteiger partial charge in [0.2, 0.25) is 0 Å². The molecule has 2 N–H and O–H groups in total. The number of carbonyl (C=O) groups excluding carboxylic acids is 1. The molecule has 122 valence electrons. The third-order valence-corrected chi connectivity index (χ3v) is 3.69. The minimum Gasteiger partial charge on any atom is -0.481 e. The number of carboxylic acids is 1. The second kappa shape index (κ2) is 7.58. The minimum absolute atomic E-state index is 0.0354. The third kappa shape index (κ3) is 4.67. The van der Waals surface area contributed by atoms with E-state index in [9.17, 15) is 9.59 Å². The van der Waals surface area contributed by atoms with E-state index in [-0.39, 0.29) is 18.4 Å². The van der Waals surface area contributed by atoms with Crippen LogP contribution in [0.1, 0.15) is 41.4 Å². The average molecular weight is 315 g/mol. The molecule has 0 saturated heterocycles. The molecular weight excluding hydrogens is 294 g/mol. The number of aromatic nitrogens is 2. The van der Waals surface area contributed by atoms with Crippen LogP contribution in [-0.2, 0) is 11.3 Å². The third-order valence-electron chi connectivity index (χ3n) is 3.69. The topological polar surface area (TPSA) is 84.2 Å². The number of benzene rings is 1. The van der Waals surface area contributed by atoms with Gasteiger partial charge in [0.05, 0.1) is 18.3 Å². The zero-order valence-corrected chi connectivity index (χ0v) is 13.3. The standard InChI is InChI=1S/C17H21N3O3/c1-12(8-9-16(21)22)19-17(23)15-10-18-20(13(15)2)11-14-6-4-3-5-7-14/h3-7,10,12H,8-9,11H2,1-2H3,(H,19,23)(H,21,22). The Kier molecular flexibility index (Phi) is 5.51. The van der Waals surface area contributed by atoms with E-state index in [1.165, 1.54) is 0 Å². The van der Waals surface area contributed by atoms with E-state index in [0.717, 1.165) is 11.3 Å². The molecule has 1 amide bonds. The molecule has 1 unspecified atom stereocenters. The van der Waals surface area contributed by atoms with Crippen molar-refractivity contribution in [3.05, 3.63) is 53.3 Å². The Balaban J connectivity index is 2.00. The van der Waals surface area contributed by atoms with Crippen molar-refractivity contribution in [3.63, 3.8) is 0 Å². The van der Waals surface area contributed by atoms with Gasteiger partial charge in [-0.2, -0.15) is 5.10 Å². The summed E-state index contributed by atoms with van der Waals surface area (Å²) in [6.07, 6.45) is 1.99. The van der Waals surface area contributed by atoms with Crippen molar-refractivity contribution in [2.45, 2.75) is 39.3 Å². The number of carboxylic acid groups (broad SMARTS) is 1. The smallest absolute Gasteiger partial charge is 0.303 e. The number of amides is 1. The fraction of sp³-hybridized carbons (Fsp3) is 0.353. The van der Waals surface area contributed by atoms with Gasteiger partial charge in [-0.3, -0.25) is 14.3 Å². The second-order valence-corrected chi connectivity index (χ2v) is 5.59. The van der Waals surface area contributed by atoms with E-state index < -0.39 is 5.97 Å². The molecule has 1 heterocycles. The summed E-state index contributed by atoms with van der Waals surface area (Å²) in [7, 11) is 0. The first-order valence-electron chi connectivity index (χ1n) is 7.56. The molecule has 6 nitrogen and oxygen atoms in total. The van der Waals surface area contributed by atoms with Gasteiger partial charge in [-0.05, 0) is 25.8 Å². The van der Waals surface area contributed by atoms with Crippen molar-refractivity contribution in [2.24, 2.45) is 0 Å². The van der Waals surface area contributed by atoms with Gasteiger partial charge in [0.15, 0.2) is 0 Å². The normalized spacial score (nSPS) is 11.9. The molecular formula is C17H21N3O3. The van der Waals surface area contributed by atoms with Gasteiger partial charge < -0.3 is 10.4 Å². The van der Waals surface area contributed by atoms with E-state index in [0.29, 0.717) is 18.5 Å². The van der Waals surface area contributed by atoms with Crippen LogP contribution < -0.4 is 5.32 Å². The molecule has 23 heavy (non-hydrogen) atoms. The number of nitrogens with zero attached hydrogens (tertiary/aromatic N) is 2. The minimum atomic E-state index is -0.863. The van der Waals surface area contributed by atoms with Crippen molar-refractivity contribution >= 4 is 11.9 Å². The van der Waals surface area contributed by atoms with Crippen LogP contribution in [-0.4, -0.2) is 32.8 Å². The number of rotatable bonds is 7. The first-order chi connectivity index (χ1) is 11.0. The Morgan fingerprint density at radius 2 is 2.00 bits per heavy atom. The zero-order valence-electron chi connectivity index (χ0n) is 13.3. The summed E-state index contributed by atoms with van der Waals surface area (Å²) in [5.41, 5.74) is 2.42. The van der Waals surface area contributed by atoms with Gasteiger partial charge in [-0.1, -0.05) is 30.3 Å². The van der Waals surface area contributed by atoms with Crippen molar-refractivity contribution < 1.29 is 14.7 Å². The molecule has 0 aliphatic rings. The lowest BCUT2D eigenvalue weighted by molar-refractivity contribution is -0.137. The van der Waals surface area contributed by atoms with Crippen molar-refractivity contribution in [3.8, 4) is 0 Å². The van der Waals surface area contributed by atoms with Gasteiger partial charge in [-0.15, -0.1) is 0 Å². The molecule has 0 radical (unpaired) electrons. The van der Waals surface area contributed by atoms with Crippen molar-refractivity contribution in [1.82, 2.24) is 15.1 Å². The highest BCUT2D eigenvalue weighted by Crippen LogP contribution is 2.11. The fourth-order valence-corrected chi connectivity index (χ4v) is 2.30. The summed E-state index contributed by atoms with van der Waals surface area (Å²) >= 11 is 0. The largest absolute Gasteiger partial charge is 0.481 e. The first-order valence-corrected chi connectivity index (χ1v) is 7.56. The maximum Gasteiger partial charge on any atom is 0.303 e. The fourth-order valence-electron chi connectivity index (χ4n) is 2.30. The highest BCUT2D eigenvalue weighted by atomic mass is 16.4. The van der Waals surface area contributed by atoms with Crippen molar-refractivity contribution in [2.75, 3.05) is 0 Å². The molecule has 0 aliphatic carbocycles. The van der Waals surface area contributed by atoms with Crippen LogP contribution in [0.3, 0.4) is 0 Å². The zero-order chi connectivity index (χ0) is 16.8. The molecule has 2 rings (SSSR count). The Morgan fingerprint density at radius 3 is 2.65 bits per heavy atom. The first kappa shape index (κ1) is 16.7. The molecule has 0 spiro atoms. The molecule has 6 heteroatoms. The monoisotopic (exact) mass is 315 g/mol. The predicted octanol–water partition coefficient (Wildman–Crippen LogP) is 2.22. The van der Waals surface area contributed by atoms with Crippen LogP contribution >= 0.6 is 0 Å². The van der Waals surface area contributed by atoms with Crippen LogP contribution in [0.5, 0.6) is 0 Å². The predicted molar refractivity (Wildman–Crippen MR) is 86.3 cm³/mol. The Labute approximate surface area is 135 Å². The van der Waals surface area contributed by atoms with Crippen molar-refractivity contribution in [1.29, 1.82) is 0 Å². The Bertz CT molecular complexity index is 680. The SMILES string of the molecule is Cc1c(C(=O)NC(C)CCC(=O)O)cnn1Cc1ccccc1. The van der Waals surface area contributed by atoms with Crippen LogP contribution in [0.25, 0.3) is 0 Å². The molecule has 0 fully saturated rings. The molecule has 1 aromatic carbocycles. The highest BCUT2D eigenvalue weighted by Gasteiger charge is 2.16. The summed E-state index contributed by atoms with van der Waals surface area (Å²) in [5, 5.41) is 15.8. The second-order valence-electron chi connectivity index (χ2n) is 5.59. The quantitative estimate of drug-likeness (QED) is 0.820. The molecule has 1 atom stereocenters. The number of aliphatic carboxylic acids is 1. The molecule has 0 saturated carbocycles. The van der Waals surface area contributed by atoms with Gasteiger partial charge in [0.25, 0.3) is 5.91 Å². The summed E-state index contributed by atoms with van der Waals surface area (Å²) in [6.45, 7) is 4.26. The van der Waals surface area contributed by atoms with Gasteiger partial charge in [0.1, 0.15) is 0 Å². The summed E-state index contributed by atoms with van der Waals surface area (Å²) in [4.78, 5) is 22.8. The lowest BCUT2D eigenvalue weighted by Gasteiger charge is -2.12. The van der Waals surface area contributed by atoms with Gasteiger partial charge in [-0.25, -0.2) is 0 Å².